The van der Waals surface area contributed by atoms with Crippen molar-refractivity contribution in [1.29, 1.82) is 0 Å². The molecule has 0 saturated carbocycles. The zero-order valence-corrected chi connectivity index (χ0v) is 20.6. The Morgan fingerprint density at radius 3 is 2.76 bits per heavy atom. The highest BCUT2D eigenvalue weighted by molar-refractivity contribution is 5.89. The maximum Gasteiger partial charge on any atom is 0.256 e. The molecule has 2 aliphatic heterocycles. The molecule has 0 bridgehead atoms. The highest BCUT2D eigenvalue weighted by Gasteiger charge is 2.35. The molecule has 0 amide bonds. The topological polar surface area (TPSA) is 81.7 Å². The number of anilines is 1. The van der Waals surface area contributed by atoms with Gasteiger partial charge in [-0.1, -0.05) is 6.07 Å². The van der Waals surface area contributed by atoms with E-state index in [2.05, 4.69) is 25.3 Å². The van der Waals surface area contributed by atoms with Crippen molar-refractivity contribution in [2.24, 2.45) is 0 Å². The lowest BCUT2D eigenvalue weighted by atomic mass is 10.0. The molecule has 1 aromatic carbocycles. The third-order valence-corrected chi connectivity index (χ3v) is 7.27. The molecule has 0 aliphatic carbocycles. The van der Waals surface area contributed by atoms with Crippen molar-refractivity contribution in [1.82, 2.24) is 29.0 Å². The van der Waals surface area contributed by atoms with Gasteiger partial charge in [0.15, 0.2) is 0 Å². The number of likely N-dealkylation sites (tertiary alicyclic amines) is 1. The van der Waals surface area contributed by atoms with Gasteiger partial charge in [-0.15, -0.1) is 5.10 Å². The maximum atomic E-state index is 15.0. The van der Waals surface area contributed by atoms with E-state index in [0.717, 1.165) is 17.7 Å². The average molecular weight is 516 g/mol. The molecule has 2 atom stereocenters. The molecule has 37 heavy (non-hydrogen) atoms. The van der Waals surface area contributed by atoms with E-state index < -0.39 is 25.2 Å². The molecule has 12 heteroatoms. The van der Waals surface area contributed by atoms with Gasteiger partial charge in [-0.25, -0.2) is 22.7 Å². The summed E-state index contributed by atoms with van der Waals surface area (Å²) < 4.78 is 55.3. The van der Waals surface area contributed by atoms with Gasteiger partial charge in [0.25, 0.3) is 6.43 Å². The molecule has 2 saturated heterocycles. The van der Waals surface area contributed by atoms with Crippen LogP contribution in [0.4, 0.5) is 19.1 Å². The van der Waals surface area contributed by atoms with Crippen molar-refractivity contribution in [2.45, 2.75) is 44.6 Å². The van der Waals surface area contributed by atoms with E-state index in [1.165, 1.54) is 11.7 Å². The summed E-state index contributed by atoms with van der Waals surface area (Å²) in [6.07, 6.45) is -1.15. The second kappa shape index (κ2) is 9.49. The zero-order chi connectivity index (χ0) is 25.7. The summed E-state index contributed by atoms with van der Waals surface area (Å²) in [5.41, 5.74) is 3.48. The third kappa shape index (κ3) is 4.37. The first kappa shape index (κ1) is 24.0. The Kier molecular flexibility index (Phi) is 6.15. The number of hydrogen-bond donors (Lipinski definition) is 1. The molecule has 0 spiro atoms. The van der Waals surface area contributed by atoms with Gasteiger partial charge in [-0.2, -0.15) is 4.98 Å². The molecule has 4 aromatic rings. The van der Waals surface area contributed by atoms with E-state index in [1.54, 1.807) is 17.6 Å². The molecular weight excluding hydrogens is 487 g/mol. The predicted molar refractivity (Wildman–Crippen MR) is 132 cm³/mol. The second-order valence-electron chi connectivity index (χ2n) is 9.57. The Morgan fingerprint density at radius 2 is 2.05 bits per heavy atom. The van der Waals surface area contributed by atoms with E-state index in [9.17, 15) is 13.2 Å². The van der Waals surface area contributed by atoms with Crippen LogP contribution < -0.4 is 10.1 Å². The first-order chi connectivity index (χ1) is 17.9. The third-order valence-electron chi connectivity index (χ3n) is 7.27. The van der Waals surface area contributed by atoms with Crippen molar-refractivity contribution in [3.63, 3.8) is 0 Å². The van der Waals surface area contributed by atoms with Gasteiger partial charge in [0.2, 0.25) is 11.8 Å². The SMILES string of the molecule is COc1nc(N[C@@H]2CCN(C3COC3)C[C@H]2F)nn2ccc(-c3ccc4nc(C)n(CC(F)F)c4c3)c12. The van der Waals surface area contributed by atoms with Crippen LogP contribution in [0.15, 0.2) is 30.5 Å². The van der Waals surface area contributed by atoms with Crippen LogP contribution >= 0.6 is 0 Å². The lowest BCUT2D eigenvalue weighted by Crippen LogP contribution is -2.57. The zero-order valence-electron chi connectivity index (χ0n) is 20.6. The smallest absolute Gasteiger partial charge is 0.256 e. The van der Waals surface area contributed by atoms with Gasteiger partial charge in [0.1, 0.15) is 17.5 Å². The lowest BCUT2D eigenvalue weighted by Gasteiger charge is -2.42. The number of imidazole rings is 1. The first-order valence-electron chi connectivity index (χ1n) is 12.3. The Morgan fingerprint density at radius 1 is 1.22 bits per heavy atom. The van der Waals surface area contributed by atoms with Crippen LogP contribution in [0.1, 0.15) is 12.2 Å². The van der Waals surface area contributed by atoms with E-state index in [4.69, 9.17) is 9.47 Å². The molecule has 6 rings (SSSR count). The minimum Gasteiger partial charge on any atom is -0.479 e. The van der Waals surface area contributed by atoms with E-state index in [0.29, 0.717) is 60.5 Å². The highest BCUT2D eigenvalue weighted by Crippen LogP contribution is 2.34. The Bertz CT molecular complexity index is 1430. The summed E-state index contributed by atoms with van der Waals surface area (Å²) in [6, 6.07) is 7.31. The molecule has 0 radical (unpaired) electrons. The number of ether oxygens (including phenoxy) is 2. The van der Waals surface area contributed by atoms with E-state index in [-0.39, 0.29) is 5.95 Å². The van der Waals surface area contributed by atoms with Crippen LogP contribution in [0.2, 0.25) is 0 Å². The van der Waals surface area contributed by atoms with Crippen molar-refractivity contribution >= 4 is 22.5 Å². The second-order valence-corrected chi connectivity index (χ2v) is 9.57. The lowest BCUT2D eigenvalue weighted by molar-refractivity contribution is -0.0794. The molecule has 5 heterocycles. The number of rotatable bonds is 7. The van der Waals surface area contributed by atoms with Crippen LogP contribution in [0.5, 0.6) is 5.88 Å². The first-order valence-corrected chi connectivity index (χ1v) is 12.3. The number of hydrogen-bond acceptors (Lipinski definition) is 7. The molecule has 2 aliphatic rings. The fraction of sp³-hybridized carbons (Fsp3) is 0.480. The predicted octanol–water partition coefficient (Wildman–Crippen LogP) is 3.55. The molecule has 0 unspecified atom stereocenters. The Hall–Kier alpha value is -3.38. The maximum absolute atomic E-state index is 15.0. The summed E-state index contributed by atoms with van der Waals surface area (Å²) in [6.45, 7) is 3.76. The fourth-order valence-electron chi connectivity index (χ4n) is 5.23. The van der Waals surface area contributed by atoms with Gasteiger partial charge < -0.3 is 19.4 Å². The van der Waals surface area contributed by atoms with Crippen LogP contribution in [-0.4, -0.2) is 87.1 Å². The van der Waals surface area contributed by atoms with Gasteiger partial charge in [-0.05, 0) is 37.1 Å². The van der Waals surface area contributed by atoms with Gasteiger partial charge in [0.05, 0.1) is 50.0 Å². The van der Waals surface area contributed by atoms with Gasteiger partial charge in [0, 0.05) is 24.8 Å². The number of fused-ring (bicyclic) bond motifs is 2. The fourth-order valence-corrected chi connectivity index (χ4v) is 5.23. The van der Waals surface area contributed by atoms with Crippen LogP contribution in [-0.2, 0) is 11.3 Å². The molecule has 9 nitrogen and oxygen atoms in total. The van der Waals surface area contributed by atoms with Crippen molar-refractivity contribution < 1.29 is 22.6 Å². The number of methoxy groups -OCH3 is 1. The molecule has 3 aromatic heterocycles. The highest BCUT2D eigenvalue weighted by atomic mass is 19.3. The van der Waals surface area contributed by atoms with E-state index in [1.807, 2.05) is 24.3 Å². The molecular formula is C25H28F3N7O2. The van der Waals surface area contributed by atoms with Crippen LogP contribution in [0.25, 0.3) is 27.7 Å². The van der Waals surface area contributed by atoms with Gasteiger partial charge >= 0.3 is 0 Å². The number of alkyl halides is 3. The summed E-state index contributed by atoms with van der Waals surface area (Å²) in [5.74, 6) is 1.14. The largest absolute Gasteiger partial charge is 0.479 e. The number of aromatic nitrogens is 5. The Labute approximate surface area is 211 Å². The number of nitrogens with zero attached hydrogens (tertiary/aromatic N) is 6. The summed E-state index contributed by atoms with van der Waals surface area (Å²) in [5, 5.41) is 7.72. The monoisotopic (exact) mass is 515 g/mol. The van der Waals surface area contributed by atoms with Gasteiger partial charge in [-0.3, -0.25) is 4.90 Å². The summed E-state index contributed by atoms with van der Waals surface area (Å²) in [7, 11) is 1.52. The standard InChI is InChI=1S/C25H28F3N7O2/c1-14-29-20-4-3-15(9-21(20)34(14)11-22(27)28)17-5-8-35-23(17)24(36-2)31-25(32-35)30-19-6-7-33(10-18(19)26)16-12-37-13-16/h3-5,8-9,16,18-19,22H,6-7,10-13H2,1-2H3,(H,30,32)/t18-,19-/m1/s1. The summed E-state index contributed by atoms with van der Waals surface area (Å²) >= 11 is 0. The number of nitrogens with one attached hydrogen (secondary N) is 1. The minimum atomic E-state index is -2.49. The molecule has 196 valence electrons. The van der Waals surface area contributed by atoms with Crippen LogP contribution in [0, 0.1) is 6.92 Å². The normalized spacial score (nSPS) is 21.1. The number of aryl methyl sites for hydroxylation is 1. The number of halogens is 3. The van der Waals surface area contributed by atoms with E-state index >= 15 is 0 Å². The number of piperidine rings is 1. The quantitative estimate of drug-likeness (QED) is 0.403. The minimum absolute atomic E-state index is 0.278. The Balaban J connectivity index is 1.30. The molecule has 1 N–H and O–H groups in total. The number of benzene rings is 1. The average Bonchev–Trinajstić information content (AvgIpc) is 3.39. The summed E-state index contributed by atoms with van der Waals surface area (Å²) in [4.78, 5) is 11.1. The van der Waals surface area contributed by atoms with Crippen molar-refractivity contribution in [3.05, 3.63) is 36.3 Å². The van der Waals surface area contributed by atoms with Crippen molar-refractivity contribution in [3.8, 4) is 17.0 Å². The van der Waals surface area contributed by atoms with Crippen molar-refractivity contribution in [2.75, 3.05) is 38.7 Å². The molecule has 2 fully saturated rings. The van der Waals surface area contributed by atoms with Crippen LogP contribution in [0.3, 0.4) is 0 Å².